The molecule has 1 saturated heterocycles. The summed E-state index contributed by atoms with van der Waals surface area (Å²) in [6, 6.07) is 16.4. The first-order valence-corrected chi connectivity index (χ1v) is 10.8. The second-order valence-corrected chi connectivity index (χ2v) is 8.65. The molecule has 0 bridgehead atoms. The predicted octanol–water partition coefficient (Wildman–Crippen LogP) is 4.37. The summed E-state index contributed by atoms with van der Waals surface area (Å²) >= 11 is 12.0. The molecule has 1 aliphatic heterocycles. The molecular formula is C23H26ClN5S. The summed E-state index contributed by atoms with van der Waals surface area (Å²) in [6.07, 6.45) is 3.93. The number of hydrogen-bond acceptors (Lipinski definition) is 3. The Bertz CT molecular complexity index is 1030. The standard InChI is InChI=1S/C23H26ClN5S/c1-16-15-17(9-10-18(16)24)28-12-6-8-20(28)22-21(19-7-4-5-11-25-19)26-23(30)29(22)14-13-27(2)3/h4-12,15,21-22H,13-14H2,1-3H3,(H,26,30)/t21-,22+/m0/s1. The Kier molecular flexibility index (Phi) is 6.09. The highest BCUT2D eigenvalue weighted by molar-refractivity contribution is 7.80. The lowest BCUT2D eigenvalue weighted by atomic mass is 10.0. The Morgan fingerprint density at radius 3 is 2.70 bits per heavy atom. The molecule has 1 aliphatic rings. The zero-order valence-electron chi connectivity index (χ0n) is 17.4. The fourth-order valence-electron chi connectivity index (χ4n) is 3.92. The van der Waals surface area contributed by atoms with Gasteiger partial charge in [0.2, 0.25) is 0 Å². The van der Waals surface area contributed by atoms with Crippen LogP contribution in [0.2, 0.25) is 5.02 Å². The van der Waals surface area contributed by atoms with Crippen LogP contribution in [0.5, 0.6) is 0 Å². The van der Waals surface area contributed by atoms with Crippen molar-refractivity contribution in [3.8, 4) is 5.69 Å². The summed E-state index contributed by atoms with van der Waals surface area (Å²) in [5.74, 6) is 0. The summed E-state index contributed by atoms with van der Waals surface area (Å²) in [4.78, 5) is 9.08. The van der Waals surface area contributed by atoms with Crippen LogP contribution >= 0.6 is 23.8 Å². The first-order chi connectivity index (χ1) is 14.5. The molecule has 1 N–H and O–H groups in total. The van der Waals surface area contributed by atoms with Crippen molar-refractivity contribution in [2.24, 2.45) is 0 Å². The topological polar surface area (TPSA) is 36.3 Å². The Hall–Kier alpha value is -2.41. The Morgan fingerprint density at radius 2 is 2.00 bits per heavy atom. The van der Waals surface area contributed by atoms with E-state index < -0.39 is 0 Å². The average molecular weight is 440 g/mol. The highest BCUT2D eigenvalue weighted by Crippen LogP contribution is 2.39. The molecule has 0 radical (unpaired) electrons. The van der Waals surface area contributed by atoms with Gasteiger partial charge < -0.3 is 19.7 Å². The molecule has 30 heavy (non-hydrogen) atoms. The molecule has 3 aromatic rings. The Morgan fingerprint density at radius 1 is 1.17 bits per heavy atom. The smallest absolute Gasteiger partial charge is 0.170 e. The van der Waals surface area contributed by atoms with Crippen LogP contribution in [0.15, 0.2) is 60.9 Å². The van der Waals surface area contributed by atoms with Gasteiger partial charge >= 0.3 is 0 Å². The first kappa shape index (κ1) is 20.8. The number of nitrogens with one attached hydrogen (secondary N) is 1. The van der Waals surface area contributed by atoms with Gasteiger partial charge in [0.05, 0.1) is 17.8 Å². The van der Waals surface area contributed by atoms with E-state index in [-0.39, 0.29) is 12.1 Å². The summed E-state index contributed by atoms with van der Waals surface area (Å²) in [7, 11) is 4.16. The van der Waals surface area contributed by atoms with Gasteiger partial charge in [0.25, 0.3) is 0 Å². The lowest BCUT2D eigenvalue weighted by Crippen LogP contribution is -2.36. The molecule has 156 valence electrons. The Labute approximate surface area is 188 Å². The maximum atomic E-state index is 6.27. The van der Waals surface area contributed by atoms with E-state index in [1.54, 1.807) is 0 Å². The summed E-state index contributed by atoms with van der Waals surface area (Å²) in [5.41, 5.74) is 4.29. The number of rotatable bonds is 6. The second-order valence-electron chi connectivity index (χ2n) is 7.86. The molecule has 3 heterocycles. The number of pyridine rings is 1. The molecule has 7 heteroatoms. The molecule has 2 atom stereocenters. The highest BCUT2D eigenvalue weighted by Gasteiger charge is 2.41. The number of aryl methyl sites for hydroxylation is 1. The van der Waals surface area contributed by atoms with Gasteiger partial charge in [0.15, 0.2) is 5.11 Å². The summed E-state index contributed by atoms with van der Waals surface area (Å²) in [5, 5.41) is 5.06. The van der Waals surface area contributed by atoms with Crippen LogP contribution in [-0.4, -0.2) is 51.6 Å². The number of thiocarbonyl (C=S) groups is 1. The van der Waals surface area contributed by atoms with Crippen LogP contribution in [-0.2, 0) is 0 Å². The monoisotopic (exact) mass is 439 g/mol. The maximum absolute atomic E-state index is 6.27. The summed E-state index contributed by atoms with van der Waals surface area (Å²) < 4.78 is 2.22. The zero-order valence-corrected chi connectivity index (χ0v) is 19.0. The molecule has 0 amide bonds. The van der Waals surface area contributed by atoms with Crippen LogP contribution in [0.1, 0.15) is 29.0 Å². The van der Waals surface area contributed by atoms with Crippen molar-refractivity contribution in [2.45, 2.75) is 19.0 Å². The van der Waals surface area contributed by atoms with E-state index in [1.807, 2.05) is 31.3 Å². The van der Waals surface area contributed by atoms with E-state index in [4.69, 9.17) is 23.8 Å². The largest absolute Gasteiger partial charge is 0.352 e. The number of likely N-dealkylation sites (N-methyl/N-ethyl adjacent to an activating group) is 1. The Balaban J connectivity index is 1.78. The zero-order chi connectivity index (χ0) is 21.3. The molecule has 1 fully saturated rings. The van der Waals surface area contributed by atoms with E-state index in [1.165, 1.54) is 5.69 Å². The number of benzene rings is 1. The molecule has 0 unspecified atom stereocenters. The lowest BCUT2D eigenvalue weighted by Gasteiger charge is -2.30. The van der Waals surface area contributed by atoms with Crippen LogP contribution in [0.25, 0.3) is 5.69 Å². The lowest BCUT2D eigenvalue weighted by molar-refractivity contribution is 0.272. The van der Waals surface area contributed by atoms with E-state index >= 15 is 0 Å². The highest BCUT2D eigenvalue weighted by atomic mass is 35.5. The van der Waals surface area contributed by atoms with Crippen molar-refractivity contribution >= 4 is 28.9 Å². The van der Waals surface area contributed by atoms with E-state index in [0.29, 0.717) is 0 Å². The van der Waals surface area contributed by atoms with E-state index in [0.717, 1.165) is 40.2 Å². The summed E-state index contributed by atoms with van der Waals surface area (Å²) in [6.45, 7) is 3.77. The van der Waals surface area contributed by atoms with Gasteiger partial charge in [-0.1, -0.05) is 17.7 Å². The predicted molar refractivity (Wildman–Crippen MR) is 126 cm³/mol. The van der Waals surface area contributed by atoms with Crippen molar-refractivity contribution in [2.75, 3.05) is 27.2 Å². The quantitative estimate of drug-likeness (QED) is 0.577. The second kappa shape index (κ2) is 8.76. The fraction of sp³-hybridized carbons (Fsp3) is 0.304. The molecular weight excluding hydrogens is 414 g/mol. The van der Waals surface area contributed by atoms with Gasteiger partial charge in [-0.05, 0) is 81.3 Å². The third-order valence-electron chi connectivity index (χ3n) is 5.49. The third-order valence-corrected chi connectivity index (χ3v) is 6.27. The van der Waals surface area contributed by atoms with Gasteiger partial charge in [-0.3, -0.25) is 4.98 Å². The van der Waals surface area contributed by atoms with Crippen molar-refractivity contribution in [3.63, 3.8) is 0 Å². The van der Waals surface area contributed by atoms with Gasteiger partial charge in [-0.25, -0.2) is 0 Å². The minimum absolute atomic E-state index is 0.0251. The minimum atomic E-state index is -0.0251. The van der Waals surface area contributed by atoms with Crippen LogP contribution in [0, 0.1) is 6.92 Å². The van der Waals surface area contributed by atoms with Gasteiger partial charge in [-0.15, -0.1) is 0 Å². The molecule has 2 aromatic heterocycles. The molecule has 0 saturated carbocycles. The number of aromatic nitrogens is 2. The van der Waals surface area contributed by atoms with Crippen molar-refractivity contribution in [1.29, 1.82) is 0 Å². The average Bonchev–Trinajstić information content (AvgIpc) is 3.33. The maximum Gasteiger partial charge on any atom is 0.170 e. The normalized spacial score (nSPS) is 18.8. The van der Waals surface area contributed by atoms with Crippen LogP contribution < -0.4 is 5.32 Å². The van der Waals surface area contributed by atoms with Crippen LogP contribution in [0.3, 0.4) is 0 Å². The molecule has 5 nitrogen and oxygen atoms in total. The SMILES string of the molecule is Cc1cc(-n2cccc2[C@@H]2[C@H](c3ccccn3)NC(=S)N2CCN(C)C)ccc1Cl. The van der Waals surface area contributed by atoms with E-state index in [2.05, 4.69) is 75.3 Å². The minimum Gasteiger partial charge on any atom is -0.352 e. The fourth-order valence-corrected chi connectivity index (χ4v) is 4.37. The van der Waals surface area contributed by atoms with Crippen molar-refractivity contribution in [3.05, 3.63) is 82.9 Å². The molecule has 4 rings (SSSR count). The van der Waals surface area contributed by atoms with Crippen molar-refractivity contribution < 1.29 is 0 Å². The van der Waals surface area contributed by atoms with E-state index in [9.17, 15) is 0 Å². The van der Waals surface area contributed by atoms with Gasteiger partial charge in [0.1, 0.15) is 0 Å². The number of halogens is 1. The first-order valence-electron chi connectivity index (χ1n) is 10.0. The number of hydrogen-bond donors (Lipinski definition) is 1. The third kappa shape index (κ3) is 4.08. The van der Waals surface area contributed by atoms with Gasteiger partial charge in [-0.2, -0.15) is 0 Å². The van der Waals surface area contributed by atoms with Crippen molar-refractivity contribution in [1.82, 2.24) is 24.7 Å². The molecule has 1 aromatic carbocycles. The molecule has 0 aliphatic carbocycles. The number of nitrogens with zero attached hydrogens (tertiary/aromatic N) is 4. The van der Waals surface area contributed by atoms with Crippen LogP contribution in [0.4, 0.5) is 0 Å². The molecule has 0 spiro atoms. The van der Waals surface area contributed by atoms with Gasteiger partial charge in [0, 0.05) is 41.9 Å².